The Hall–Kier alpha value is -1.56. The normalized spacial score (nSPS) is 19.4. The van der Waals surface area contributed by atoms with Crippen molar-refractivity contribution in [3.63, 3.8) is 0 Å². The van der Waals surface area contributed by atoms with Gasteiger partial charge in [0, 0.05) is 17.8 Å². The number of amides is 1. The molecular formula is C21H29N3O2S. The van der Waals surface area contributed by atoms with Crippen LogP contribution in [0.1, 0.15) is 69.9 Å². The maximum Gasteiger partial charge on any atom is 0.258 e. The summed E-state index contributed by atoms with van der Waals surface area (Å²) in [6, 6.07) is 4.68. The van der Waals surface area contributed by atoms with E-state index in [9.17, 15) is 4.79 Å². The van der Waals surface area contributed by atoms with Crippen LogP contribution in [0.2, 0.25) is 0 Å². The minimum Gasteiger partial charge on any atom is -0.430 e. The SMILES string of the molecule is Cc1ccc2oc(SCC(=O)N(C3CCCCC3)C3CCCCC3)nc2n1. The van der Waals surface area contributed by atoms with Gasteiger partial charge >= 0.3 is 0 Å². The summed E-state index contributed by atoms with van der Waals surface area (Å²) in [5, 5.41) is 0.545. The summed E-state index contributed by atoms with van der Waals surface area (Å²) in [6.45, 7) is 1.94. The van der Waals surface area contributed by atoms with Crippen LogP contribution < -0.4 is 0 Å². The number of carbonyl (C=O) groups excluding carboxylic acids is 1. The van der Waals surface area contributed by atoms with Crippen LogP contribution in [0.15, 0.2) is 21.8 Å². The Kier molecular flexibility index (Phi) is 6.01. The lowest BCUT2D eigenvalue weighted by atomic mass is 9.88. The number of pyridine rings is 1. The molecule has 2 fully saturated rings. The van der Waals surface area contributed by atoms with Crippen LogP contribution in [0.5, 0.6) is 0 Å². The predicted molar refractivity (Wildman–Crippen MR) is 108 cm³/mol. The Morgan fingerprint density at radius 2 is 1.67 bits per heavy atom. The van der Waals surface area contributed by atoms with E-state index in [1.54, 1.807) is 0 Å². The first-order valence-corrected chi connectivity index (χ1v) is 11.4. The van der Waals surface area contributed by atoms with Gasteiger partial charge in [0.15, 0.2) is 11.2 Å². The van der Waals surface area contributed by atoms with Crippen molar-refractivity contribution >= 4 is 28.9 Å². The summed E-state index contributed by atoms with van der Waals surface area (Å²) in [4.78, 5) is 24.3. The summed E-state index contributed by atoms with van der Waals surface area (Å²) >= 11 is 1.41. The molecule has 0 aliphatic heterocycles. The van der Waals surface area contributed by atoms with Crippen molar-refractivity contribution in [2.45, 2.75) is 88.4 Å². The zero-order chi connectivity index (χ0) is 18.6. The molecule has 0 radical (unpaired) electrons. The Bertz CT molecular complexity index is 761. The van der Waals surface area contributed by atoms with Gasteiger partial charge in [0.25, 0.3) is 5.22 Å². The highest BCUT2D eigenvalue weighted by Gasteiger charge is 2.32. The second-order valence-corrected chi connectivity index (χ2v) is 8.85. The molecule has 2 aromatic heterocycles. The molecule has 4 rings (SSSR count). The van der Waals surface area contributed by atoms with Crippen LogP contribution in [0.25, 0.3) is 11.2 Å². The largest absolute Gasteiger partial charge is 0.430 e. The molecule has 0 saturated heterocycles. The third-order valence-electron chi connectivity index (χ3n) is 5.92. The van der Waals surface area contributed by atoms with Gasteiger partial charge in [-0.05, 0) is 44.7 Å². The quantitative estimate of drug-likeness (QED) is 0.667. The molecule has 0 N–H and O–H groups in total. The number of aryl methyl sites for hydroxylation is 1. The summed E-state index contributed by atoms with van der Waals surface area (Å²) in [5.41, 5.74) is 2.23. The minimum atomic E-state index is 0.255. The number of rotatable bonds is 5. The highest BCUT2D eigenvalue weighted by Crippen LogP contribution is 2.31. The molecule has 1 amide bonds. The molecule has 5 nitrogen and oxygen atoms in total. The van der Waals surface area contributed by atoms with Crippen LogP contribution in [0.3, 0.4) is 0 Å². The van der Waals surface area contributed by atoms with Gasteiger partial charge in [0.1, 0.15) is 0 Å². The maximum absolute atomic E-state index is 13.2. The monoisotopic (exact) mass is 387 g/mol. The first-order valence-electron chi connectivity index (χ1n) is 10.4. The van der Waals surface area contributed by atoms with Crippen molar-refractivity contribution in [1.29, 1.82) is 0 Å². The van der Waals surface area contributed by atoms with E-state index < -0.39 is 0 Å². The second kappa shape index (κ2) is 8.63. The zero-order valence-corrected chi connectivity index (χ0v) is 17.0. The van der Waals surface area contributed by atoms with Crippen molar-refractivity contribution in [2.75, 3.05) is 5.75 Å². The number of carbonyl (C=O) groups is 1. The fraction of sp³-hybridized carbons (Fsp3) is 0.667. The van der Waals surface area contributed by atoms with E-state index >= 15 is 0 Å². The Balaban J connectivity index is 1.44. The average Bonchev–Trinajstić information content (AvgIpc) is 3.10. The number of fused-ring (bicyclic) bond motifs is 1. The lowest BCUT2D eigenvalue weighted by Gasteiger charge is -2.41. The summed E-state index contributed by atoms with van der Waals surface area (Å²) in [5.74, 6) is 0.656. The molecule has 2 aliphatic carbocycles. The lowest BCUT2D eigenvalue weighted by Crippen LogP contribution is -2.49. The van der Waals surface area contributed by atoms with Crippen molar-refractivity contribution in [3.8, 4) is 0 Å². The van der Waals surface area contributed by atoms with Gasteiger partial charge < -0.3 is 9.32 Å². The molecule has 27 heavy (non-hydrogen) atoms. The van der Waals surface area contributed by atoms with Gasteiger partial charge in [-0.25, -0.2) is 4.98 Å². The summed E-state index contributed by atoms with van der Waals surface area (Å²) in [7, 11) is 0. The molecule has 0 spiro atoms. The van der Waals surface area contributed by atoms with Gasteiger partial charge in [-0.3, -0.25) is 4.79 Å². The molecule has 146 valence electrons. The van der Waals surface area contributed by atoms with Gasteiger partial charge in [0.2, 0.25) is 5.91 Å². The number of oxazole rings is 1. The van der Waals surface area contributed by atoms with E-state index in [0.29, 0.717) is 34.3 Å². The minimum absolute atomic E-state index is 0.255. The van der Waals surface area contributed by atoms with Gasteiger partial charge in [-0.15, -0.1) is 0 Å². The zero-order valence-electron chi connectivity index (χ0n) is 16.2. The topological polar surface area (TPSA) is 59.2 Å². The maximum atomic E-state index is 13.2. The van der Waals surface area contributed by atoms with E-state index in [1.165, 1.54) is 76.0 Å². The van der Waals surface area contributed by atoms with Crippen LogP contribution in [0, 0.1) is 6.92 Å². The number of hydrogen-bond acceptors (Lipinski definition) is 5. The summed E-state index contributed by atoms with van der Waals surface area (Å²) < 4.78 is 5.76. The molecular weight excluding hydrogens is 358 g/mol. The van der Waals surface area contributed by atoms with E-state index in [4.69, 9.17) is 4.42 Å². The van der Waals surface area contributed by atoms with Crippen LogP contribution in [-0.2, 0) is 4.79 Å². The van der Waals surface area contributed by atoms with E-state index in [0.717, 1.165) is 5.69 Å². The molecule has 0 unspecified atom stereocenters. The van der Waals surface area contributed by atoms with E-state index in [-0.39, 0.29) is 5.91 Å². The average molecular weight is 388 g/mol. The number of nitrogens with zero attached hydrogens (tertiary/aromatic N) is 3. The molecule has 0 bridgehead atoms. The fourth-order valence-electron chi connectivity index (χ4n) is 4.58. The Morgan fingerprint density at radius 1 is 1.04 bits per heavy atom. The van der Waals surface area contributed by atoms with E-state index in [2.05, 4.69) is 14.9 Å². The predicted octanol–water partition coefficient (Wildman–Crippen LogP) is 5.12. The highest BCUT2D eigenvalue weighted by molar-refractivity contribution is 7.99. The van der Waals surface area contributed by atoms with Crippen molar-refractivity contribution in [1.82, 2.24) is 14.9 Å². The lowest BCUT2D eigenvalue weighted by molar-refractivity contribution is -0.135. The number of hydrogen-bond donors (Lipinski definition) is 0. The van der Waals surface area contributed by atoms with Crippen molar-refractivity contribution < 1.29 is 9.21 Å². The molecule has 2 heterocycles. The first-order chi connectivity index (χ1) is 13.2. The molecule has 2 aliphatic rings. The third kappa shape index (κ3) is 4.48. The van der Waals surface area contributed by atoms with E-state index in [1.807, 2.05) is 19.1 Å². The number of thioether (sulfide) groups is 1. The molecule has 6 heteroatoms. The van der Waals surface area contributed by atoms with Crippen LogP contribution in [-0.4, -0.2) is 38.6 Å². The highest BCUT2D eigenvalue weighted by atomic mass is 32.2. The fourth-order valence-corrected chi connectivity index (χ4v) is 5.27. The van der Waals surface area contributed by atoms with Gasteiger partial charge in [0.05, 0.1) is 5.75 Å². The molecule has 2 aromatic rings. The van der Waals surface area contributed by atoms with Crippen LogP contribution >= 0.6 is 11.8 Å². The molecule has 0 aromatic carbocycles. The second-order valence-electron chi connectivity index (χ2n) is 7.93. The smallest absolute Gasteiger partial charge is 0.258 e. The Labute approximate surface area is 165 Å². The van der Waals surface area contributed by atoms with Crippen LogP contribution in [0.4, 0.5) is 0 Å². The number of aromatic nitrogens is 2. The Morgan fingerprint density at radius 3 is 2.30 bits per heavy atom. The van der Waals surface area contributed by atoms with Gasteiger partial charge in [-0.1, -0.05) is 50.3 Å². The third-order valence-corrected chi connectivity index (χ3v) is 6.73. The van der Waals surface area contributed by atoms with Gasteiger partial charge in [-0.2, -0.15) is 4.98 Å². The standard InChI is InChI=1S/C21H29N3O2S/c1-15-12-13-18-20(22-15)23-21(26-18)27-14-19(25)24(16-8-4-2-5-9-16)17-10-6-3-7-11-17/h12-13,16-17H,2-11,14H2,1H3. The van der Waals surface area contributed by atoms with Crippen molar-refractivity contribution in [2.24, 2.45) is 0 Å². The first kappa shape index (κ1) is 18.8. The summed E-state index contributed by atoms with van der Waals surface area (Å²) in [6.07, 6.45) is 12.3. The van der Waals surface area contributed by atoms with Crippen molar-refractivity contribution in [3.05, 3.63) is 17.8 Å². The molecule has 2 saturated carbocycles. The molecule has 0 atom stereocenters.